The molecule has 0 N–H and O–H groups in total. The minimum atomic E-state index is 0.281. The van der Waals surface area contributed by atoms with Gasteiger partial charge in [0.15, 0.2) is 0 Å². The van der Waals surface area contributed by atoms with Crippen molar-refractivity contribution in [3.63, 3.8) is 0 Å². The first kappa shape index (κ1) is 20.5. The molecule has 0 amide bonds. The first-order chi connectivity index (χ1) is 10.4. The normalized spacial score (nSPS) is 20.8. The summed E-state index contributed by atoms with van der Waals surface area (Å²) >= 11 is 0. The average Bonchev–Trinajstić information content (AvgIpc) is 2.47. The van der Waals surface area contributed by atoms with E-state index in [0.717, 1.165) is 5.92 Å². The molecule has 1 rings (SSSR count). The van der Waals surface area contributed by atoms with Crippen molar-refractivity contribution in [3.8, 4) is 0 Å². The molecule has 0 nitrogen and oxygen atoms in total. The van der Waals surface area contributed by atoms with Crippen LogP contribution in [0.5, 0.6) is 0 Å². The largest absolute Gasteiger partial charge is 0.0661 e. The Labute approximate surface area is 146 Å². The third-order valence-electron chi connectivity index (χ3n) is 6.75. The number of allylic oxidation sites excluding steroid dienone is 4. The number of rotatable bonds is 6. The van der Waals surface area contributed by atoms with Gasteiger partial charge >= 0.3 is 0 Å². The zero-order valence-corrected chi connectivity index (χ0v) is 17.7. The second-order valence-corrected chi connectivity index (χ2v) is 9.91. The van der Waals surface area contributed by atoms with E-state index < -0.39 is 0 Å². The molecule has 1 atom stereocenters. The Morgan fingerprint density at radius 1 is 0.913 bits per heavy atom. The molecule has 0 aromatic rings. The van der Waals surface area contributed by atoms with Gasteiger partial charge in [-0.2, -0.15) is 0 Å². The maximum Gasteiger partial charge on any atom is -0.00809 e. The predicted molar refractivity (Wildman–Crippen MR) is 106 cm³/mol. The minimum absolute atomic E-state index is 0.281. The monoisotopic (exact) mass is 318 g/mol. The fourth-order valence-corrected chi connectivity index (χ4v) is 3.83. The van der Waals surface area contributed by atoms with E-state index in [4.69, 9.17) is 0 Å². The van der Waals surface area contributed by atoms with Crippen molar-refractivity contribution < 1.29 is 0 Å². The molecule has 23 heavy (non-hydrogen) atoms. The van der Waals surface area contributed by atoms with Crippen molar-refractivity contribution in [3.05, 3.63) is 22.8 Å². The lowest BCUT2D eigenvalue weighted by atomic mass is 9.64. The Hall–Kier alpha value is -0.520. The van der Waals surface area contributed by atoms with Crippen molar-refractivity contribution in [2.75, 3.05) is 0 Å². The molecule has 0 saturated heterocycles. The predicted octanol–water partition coefficient (Wildman–Crippen LogP) is 7.95. The summed E-state index contributed by atoms with van der Waals surface area (Å²) in [5, 5.41) is 0. The van der Waals surface area contributed by atoms with Gasteiger partial charge in [0.2, 0.25) is 0 Å². The molecule has 0 saturated carbocycles. The van der Waals surface area contributed by atoms with Gasteiger partial charge in [0.25, 0.3) is 0 Å². The molecule has 134 valence electrons. The van der Waals surface area contributed by atoms with Crippen LogP contribution in [0, 0.1) is 22.2 Å². The second kappa shape index (κ2) is 7.16. The van der Waals surface area contributed by atoms with E-state index in [0.29, 0.717) is 10.8 Å². The molecule has 0 aromatic carbocycles. The fraction of sp³-hybridized carbons (Fsp3) is 0.826. The van der Waals surface area contributed by atoms with Crippen molar-refractivity contribution in [2.24, 2.45) is 22.2 Å². The summed E-state index contributed by atoms with van der Waals surface area (Å²) < 4.78 is 0. The molecule has 0 spiro atoms. The summed E-state index contributed by atoms with van der Waals surface area (Å²) in [6, 6.07) is 0. The Kier molecular flexibility index (Phi) is 6.39. The van der Waals surface area contributed by atoms with E-state index in [2.05, 4.69) is 75.3 Å². The van der Waals surface area contributed by atoms with Crippen LogP contribution in [0.2, 0.25) is 0 Å². The molecule has 1 aliphatic rings. The van der Waals surface area contributed by atoms with Gasteiger partial charge < -0.3 is 0 Å². The Morgan fingerprint density at radius 3 is 1.83 bits per heavy atom. The van der Waals surface area contributed by atoms with Gasteiger partial charge in [0.1, 0.15) is 0 Å². The lowest BCUT2D eigenvalue weighted by Gasteiger charge is -2.41. The van der Waals surface area contributed by atoms with Crippen LogP contribution in [0.25, 0.3) is 0 Å². The highest BCUT2D eigenvalue weighted by Gasteiger charge is 2.35. The average molecular weight is 319 g/mol. The quantitative estimate of drug-likeness (QED) is 0.466. The van der Waals surface area contributed by atoms with E-state index >= 15 is 0 Å². The number of hydrogen-bond acceptors (Lipinski definition) is 0. The fourth-order valence-electron chi connectivity index (χ4n) is 3.83. The topological polar surface area (TPSA) is 0 Å². The standard InChI is InChI=1S/C23H42/c1-11-22(8,9)16-18-14-19(21(5,6)7)15-20(17(18)4)23(10,12-2)13-3/h15,18H,11-14,16H2,1-10H3. The molecule has 1 unspecified atom stereocenters. The van der Waals surface area contributed by atoms with Gasteiger partial charge in [-0.1, -0.05) is 86.0 Å². The van der Waals surface area contributed by atoms with Crippen molar-refractivity contribution >= 4 is 0 Å². The van der Waals surface area contributed by atoms with E-state index in [1.54, 1.807) is 16.7 Å². The highest BCUT2D eigenvalue weighted by Crippen LogP contribution is 2.49. The van der Waals surface area contributed by atoms with Gasteiger partial charge in [0.05, 0.1) is 0 Å². The Bertz CT molecular complexity index is 461. The second-order valence-electron chi connectivity index (χ2n) is 9.91. The van der Waals surface area contributed by atoms with Gasteiger partial charge in [-0.25, -0.2) is 0 Å². The molecule has 0 bridgehead atoms. The summed E-state index contributed by atoms with van der Waals surface area (Å²) in [5.74, 6) is 0.719. The first-order valence-electron chi connectivity index (χ1n) is 9.82. The summed E-state index contributed by atoms with van der Waals surface area (Å²) in [6.45, 7) is 24.0. The molecule has 1 aliphatic carbocycles. The minimum Gasteiger partial charge on any atom is -0.0661 e. The van der Waals surface area contributed by atoms with E-state index in [1.807, 2.05) is 0 Å². The number of hydrogen-bond donors (Lipinski definition) is 0. The molecule has 0 aliphatic heterocycles. The van der Waals surface area contributed by atoms with Crippen molar-refractivity contribution in [2.45, 2.75) is 101 Å². The molecule has 0 heterocycles. The Morgan fingerprint density at radius 2 is 1.43 bits per heavy atom. The van der Waals surface area contributed by atoms with E-state index in [1.165, 1.54) is 32.1 Å². The van der Waals surface area contributed by atoms with Crippen LogP contribution in [0.4, 0.5) is 0 Å². The summed E-state index contributed by atoms with van der Waals surface area (Å²) in [5.41, 5.74) is 6.02. The van der Waals surface area contributed by atoms with Crippen LogP contribution < -0.4 is 0 Å². The van der Waals surface area contributed by atoms with Gasteiger partial charge in [-0.3, -0.25) is 0 Å². The van der Waals surface area contributed by atoms with Crippen LogP contribution in [0.1, 0.15) is 101 Å². The highest BCUT2D eigenvalue weighted by molar-refractivity contribution is 5.40. The summed E-state index contributed by atoms with van der Waals surface area (Å²) in [4.78, 5) is 0. The Balaban J connectivity index is 3.37. The molecule has 0 fully saturated rings. The lowest BCUT2D eigenvalue weighted by Crippen LogP contribution is -2.28. The van der Waals surface area contributed by atoms with Crippen molar-refractivity contribution in [1.29, 1.82) is 0 Å². The van der Waals surface area contributed by atoms with Crippen LogP contribution in [0.3, 0.4) is 0 Å². The van der Waals surface area contributed by atoms with Gasteiger partial charge in [0, 0.05) is 0 Å². The van der Waals surface area contributed by atoms with Crippen molar-refractivity contribution in [1.82, 2.24) is 0 Å². The lowest BCUT2D eigenvalue weighted by molar-refractivity contribution is 0.259. The molecule has 0 radical (unpaired) electrons. The highest BCUT2D eigenvalue weighted by atomic mass is 14.4. The molecule has 0 aromatic heterocycles. The molecular weight excluding hydrogens is 276 g/mol. The van der Waals surface area contributed by atoms with Crippen LogP contribution >= 0.6 is 0 Å². The van der Waals surface area contributed by atoms with Gasteiger partial charge in [-0.05, 0) is 60.3 Å². The van der Waals surface area contributed by atoms with E-state index in [9.17, 15) is 0 Å². The maximum absolute atomic E-state index is 2.58. The summed E-state index contributed by atoms with van der Waals surface area (Å²) in [7, 11) is 0. The third kappa shape index (κ3) is 4.74. The smallest absolute Gasteiger partial charge is 0.00809 e. The van der Waals surface area contributed by atoms with Crippen LogP contribution in [-0.2, 0) is 0 Å². The van der Waals surface area contributed by atoms with Crippen LogP contribution in [-0.4, -0.2) is 0 Å². The molecule has 0 heteroatoms. The SMILES string of the molecule is CCC(C)(C)CC1CC(C(C)(C)C)=CC(C(C)(CC)CC)=C1C. The zero-order valence-electron chi connectivity index (χ0n) is 17.7. The van der Waals surface area contributed by atoms with Crippen LogP contribution in [0.15, 0.2) is 22.8 Å². The zero-order chi connectivity index (χ0) is 18.1. The van der Waals surface area contributed by atoms with Gasteiger partial charge in [-0.15, -0.1) is 0 Å². The third-order valence-corrected chi connectivity index (χ3v) is 6.75. The first-order valence-corrected chi connectivity index (χ1v) is 9.82. The maximum atomic E-state index is 2.58. The van der Waals surface area contributed by atoms with E-state index in [-0.39, 0.29) is 5.41 Å². The summed E-state index contributed by atoms with van der Waals surface area (Å²) in [6.07, 6.45) is 8.88. The molecular formula is C23H42.